The Morgan fingerprint density at radius 3 is 2.59 bits per heavy atom. The standard InChI is InChI=1S/C11H10FNO4/c12-9-5-7(13(16)17)1-2-8(9)11(3-4-11)6-10(14)15/h1-2,5H,3-4,6H2,(H,14,15). The van der Waals surface area contributed by atoms with Crippen LogP contribution in [0.2, 0.25) is 0 Å². The van der Waals surface area contributed by atoms with E-state index < -0.39 is 22.1 Å². The summed E-state index contributed by atoms with van der Waals surface area (Å²) in [5, 5.41) is 19.2. The van der Waals surface area contributed by atoms with Gasteiger partial charge >= 0.3 is 5.97 Å². The van der Waals surface area contributed by atoms with Gasteiger partial charge in [0.05, 0.1) is 17.4 Å². The van der Waals surface area contributed by atoms with Gasteiger partial charge in [-0.2, -0.15) is 0 Å². The fraction of sp³-hybridized carbons (Fsp3) is 0.364. The second-order valence-corrected chi connectivity index (χ2v) is 4.27. The largest absolute Gasteiger partial charge is 0.481 e. The van der Waals surface area contributed by atoms with E-state index in [0.29, 0.717) is 12.8 Å². The molecule has 6 heteroatoms. The molecule has 0 bridgehead atoms. The fourth-order valence-electron chi connectivity index (χ4n) is 2.03. The Hall–Kier alpha value is -1.98. The number of nitrogens with zero attached hydrogens (tertiary/aromatic N) is 1. The Labute approximate surface area is 96.0 Å². The summed E-state index contributed by atoms with van der Waals surface area (Å²) in [7, 11) is 0. The number of hydrogen-bond acceptors (Lipinski definition) is 3. The molecule has 1 aliphatic rings. The molecule has 1 aliphatic carbocycles. The number of aliphatic carboxylic acids is 1. The molecule has 0 aliphatic heterocycles. The molecule has 1 N–H and O–H groups in total. The van der Waals surface area contributed by atoms with Crippen LogP contribution in [0.15, 0.2) is 18.2 Å². The van der Waals surface area contributed by atoms with Crippen LogP contribution < -0.4 is 0 Å². The summed E-state index contributed by atoms with van der Waals surface area (Å²) in [4.78, 5) is 20.5. The second-order valence-electron chi connectivity index (χ2n) is 4.27. The lowest BCUT2D eigenvalue weighted by Gasteiger charge is -2.13. The zero-order valence-electron chi connectivity index (χ0n) is 8.85. The molecule has 0 heterocycles. The van der Waals surface area contributed by atoms with E-state index in [1.54, 1.807) is 0 Å². The lowest BCUT2D eigenvalue weighted by molar-refractivity contribution is -0.385. The molecule has 0 amide bonds. The maximum atomic E-state index is 13.7. The molecule has 0 aromatic heterocycles. The molecule has 0 saturated heterocycles. The molecule has 1 fully saturated rings. The fourth-order valence-corrected chi connectivity index (χ4v) is 2.03. The normalized spacial score (nSPS) is 16.5. The van der Waals surface area contributed by atoms with Gasteiger partial charge in [-0.3, -0.25) is 14.9 Å². The van der Waals surface area contributed by atoms with E-state index in [4.69, 9.17) is 5.11 Å². The maximum absolute atomic E-state index is 13.7. The highest BCUT2D eigenvalue weighted by atomic mass is 19.1. The van der Waals surface area contributed by atoms with Crippen molar-refractivity contribution in [3.63, 3.8) is 0 Å². The van der Waals surface area contributed by atoms with Gasteiger partial charge in [-0.05, 0) is 24.5 Å². The first kappa shape index (κ1) is 11.5. The number of nitro groups is 1. The third-order valence-electron chi connectivity index (χ3n) is 3.08. The minimum atomic E-state index is -0.986. The highest BCUT2D eigenvalue weighted by Gasteiger charge is 2.47. The Bertz CT molecular complexity index is 496. The van der Waals surface area contributed by atoms with Gasteiger partial charge in [-0.15, -0.1) is 0 Å². The van der Waals surface area contributed by atoms with Crippen molar-refractivity contribution in [2.24, 2.45) is 0 Å². The van der Waals surface area contributed by atoms with Gasteiger partial charge in [0.1, 0.15) is 5.82 Å². The highest BCUT2D eigenvalue weighted by Crippen LogP contribution is 2.52. The summed E-state index contributed by atoms with van der Waals surface area (Å²) < 4.78 is 13.7. The molecule has 1 saturated carbocycles. The summed E-state index contributed by atoms with van der Waals surface area (Å²) >= 11 is 0. The van der Waals surface area contributed by atoms with Gasteiger partial charge in [0.2, 0.25) is 0 Å². The number of carboxylic acid groups (broad SMARTS) is 1. The number of non-ortho nitro benzene ring substituents is 1. The number of benzene rings is 1. The van der Waals surface area contributed by atoms with E-state index in [0.717, 1.165) is 6.07 Å². The first-order chi connectivity index (χ1) is 7.94. The van der Waals surface area contributed by atoms with Crippen molar-refractivity contribution in [2.45, 2.75) is 24.7 Å². The predicted molar refractivity (Wildman–Crippen MR) is 56.2 cm³/mol. The molecule has 90 valence electrons. The Balaban J connectivity index is 2.34. The number of carbonyl (C=O) groups is 1. The van der Waals surface area contributed by atoms with Crippen LogP contribution in [0.5, 0.6) is 0 Å². The third kappa shape index (κ3) is 2.11. The Morgan fingerprint density at radius 1 is 1.53 bits per heavy atom. The SMILES string of the molecule is O=C(O)CC1(c2ccc([N+](=O)[O-])cc2F)CC1. The van der Waals surface area contributed by atoms with E-state index in [9.17, 15) is 19.3 Å². The van der Waals surface area contributed by atoms with Crippen molar-refractivity contribution < 1.29 is 19.2 Å². The molecular weight excluding hydrogens is 229 g/mol. The van der Waals surface area contributed by atoms with Crippen molar-refractivity contribution in [3.8, 4) is 0 Å². The van der Waals surface area contributed by atoms with Crippen LogP contribution >= 0.6 is 0 Å². The lowest BCUT2D eigenvalue weighted by atomic mass is 9.92. The van der Waals surface area contributed by atoms with E-state index in [-0.39, 0.29) is 17.7 Å². The van der Waals surface area contributed by atoms with E-state index in [1.807, 2.05) is 0 Å². The highest BCUT2D eigenvalue weighted by molar-refractivity contribution is 5.70. The molecular formula is C11H10FNO4. The van der Waals surface area contributed by atoms with Crippen molar-refractivity contribution >= 4 is 11.7 Å². The Kier molecular flexibility index (Phi) is 2.57. The zero-order valence-corrected chi connectivity index (χ0v) is 8.85. The number of carboxylic acids is 1. The molecule has 0 unspecified atom stereocenters. The summed E-state index contributed by atoms with van der Waals surface area (Å²) in [5.41, 5.74) is -0.715. The van der Waals surface area contributed by atoms with Gasteiger partial charge in [0.15, 0.2) is 0 Å². The van der Waals surface area contributed by atoms with Crippen LogP contribution in [0.1, 0.15) is 24.8 Å². The quantitative estimate of drug-likeness (QED) is 0.645. The topological polar surface area (TPSA) is 80.4 Å². The van der Waals surface area contributed by atoms with Crippen LogP contribution in [0, 0.1) is 15.9 Å². The monoisotopic (exact) mass is 239 g/mol. The molecule has 17 heavy (non-hydrogen) atoms. The van der Waals surface area contributed by atoms with E-state index >= 15 is 0 Å². The van der Waals surface area contributed by atoms with Gasteiger partial charge in [-0.1, -0.05) is 0 Å². The third-order valence-corrected chi connectivity index (χ3v) is 3.08. The summed E-state index contributed by atoms with van der Waals surface area (Å²) in [6.45, 7) is 0. The van der Waals surface area contributed by atoms with Crippen LogP contribution in [0.4, 0.5) is 10.1 Å². The van der Waals surface area contributed by atoms with Crippen molar-refractivity contribution in [2.75, 3.05) is 0 Å². The minimum Gasteiger partial charge on any atom is -0.481 e. The van der Waals surface area contributed by atoms with Gasteiger partial charge < -0.3 is 5.11 Å². The molecule has 2 rings (SSSR count). The molecule has 0 radical (unpaired) electrons. The summed E-state index contributed by atoms with van der Waals surface area (Å²) in [5.74, 6) is -1.68. The minimum absolute atomic E-state index is 0.137. The van der Waals surface area contributed by atoms with E-state index in [2.05, 4.69) is 0 Å². The lowest BCUT2D eigenvalue weighted by Crippen LogP contribution is -2.14. The van der Waals surface area contributed by atoms with E-state index in [1.165, 1.54) is 12.1 Å². The first-order valence-corrected chi connectivity index (χ1v) is 5.11. The number of nitro benzene ring substituents is 1. The molecule has 1 aromatic rings. The zero-order chi connectivity index (χ0) is 12.6. The average Bonchev–Trinajstić information content (AvgIpc) is 2.97. The van der Waals surface area contributed by atoms with Gasteiger partial charge in [0, 0.05) is 11.5 Å². The number of hydrogen-bond donors (Lipinski definition) is 1. The van der Waals surface area contributed by atoms with Crippen LogP contribution in [0.3, 0.4) is 0 Å². The van der Waals surface area contributed by atoms with Crippen molar-refractivity contribution in [1.82, 2.24) is 0 Å². The second kappa shape index (κ2) is 3.80. The Morgan fingerprint density at radius 2 is 2.18 bits per heavy atom. The summed E-state index contributed by atoms with van der Waals surface area (Å²) in [6, 6.07) is 3.38. The van der Waals surface area contributed by atoms with Crippen LogP contribution in [0.25, 0.3) is 0 Å². The average molecular weight is 239 g/mol. The van der Waals surface area contributed by atoms with Crippen LogP contribution in [-0.4, -0.2) is 16.0 Å². The van der Waals surface area contributed by atoms with Crippen molar-refractivity contribution in [1.29, 1.82) is 0 Å². The molecule has 0 atom stereocenters. The van der Waals surface area contributed by atoms with Gasteiger partial charge in [-0.25, -0.2) is 4.39 Å². The number of rotatable bonds is 4. The predicted octanol–water partition coefficient (Wildman–Crippen LogP) is 2.24. The maximum Gasteiger partial charge on any atom is 0.304 e. The summed E-state index contributed by atoms with van der Waals surface area (Å²) in [6.07, 6.45) is 1.07. The molecule has 0 spiro atoms. The smallest absolute Gasteiger partial charge is 0.304 e. The molecule has 5 nitrogen and oxygen atoms in total. The number of halogens is 1. The van der Waals surface area contributed by atoms with Crippen molar-refractivity contribution in [3.05, 3.63) is 39.7 Å². The first-order valence-electron chi connectivity index (χ1n) is 5.11. The molecule has 1 aromatic carbocycles. The van der Waals surface area contributed by atoms with Crippen LogP contribution in [-0.2, 0) is 10.2 Å². The van der Waals surface area contributed by atoms with Gasteiger partial charge in [0.25, 0.3) is 5.69 Å².